The van der Waals surface area contributed by atoms with Gasteiger partial charge in [0.2, 0.25) is 0 Å². The Bertz CT molecular complexity index is 767. The number of benzene rings is 1. The van der Waals surface area contributed by atoms with Gasteiger partial charge in [-0.05, 0) is 57.0 Å². The molecule has 0 bridgehead atoms. The van der Waals surface area contributed by atoms with E-state index in [0.29, 0.717) is 18.7 Å². The van der Waals surface area contributed by atoms with E-state index in [1.807, 2.05) is 24.1 Å². The summed E-state index contributed by atoms with van der Waals surface area (Å²) in [6.07, 6.45) is 9.48. The molecule has 0 amide bonds. The van der Waals surface area contributed by atoms with Crippen molar-refractivity contribution in [2.24, 2.45) is 0 Å². The van der Waals surface area contributed by atoms with E-state index in [0.717, 1.165) is 25.8 Å². The normalized spacial score (nSPS) is 20.2. The first-order valence-electron chi connectivity index (χ1n) is 11.0. The Morgan fingerprint density at radius 1 is 1.13 bits per heavy atom. The maximum atomic E-state index is 12.7. The van der Waals surface area contributed by atoms with E-state index >= 15 is 0 Å². The number of piperidine rings is 1. The summed E-state index contributed by atoms with van der Waals surface area (Å²) in [6.45, 7) is 3.42. The summed E-state index contributed by atoms with van der Waals surface area (Å²) in [4.78, 5) is 13.3. The van der Waals surface area contributed by atoms with E-state index in [-0.39, 0.29) is 6.42 Å². The number of aryl methyl sites for hydroxylation is 1. The van der Waals surface area contributed by atoms with Crippen molar-refractivity contribution in [3.63, 3.8) is 0 Å². The van der Waals surface area contributed by atoms with Crippen LogP contribution in [0.1, 0.15) is 70.3 Å². The Hall–Kier alpha value is -1.64. The fourth-order valence-corrected chi connectivity index (χ4v) is 5.54. The minimum absolute atomic E-state index is 0.241. The fraction of sp³-hybridized carbons (Fsp3) is 0.682. The van der Waals surface area contributed by atoms with Gasteiger partial charge in [0, 0.05) is 12.2 Å². The van der Waals surface area contributed by atoms with Crippen LogP contribution in [0.5, 0.6) is 0 Å². The van der Waals surface area contributed by atoms with Crippen LogP contribution in [0.15, 0.2) is 24.3 Å². The van der Waals surface area contributed by atoms with E-state index < -0.39 is 21.7 Å². The molecule has 0 aliphatic carbocycles. The predicted octanol–water partition coefficient (Wildman–Crippen LogP) is 3.78. The summed E-state index contributed by atoms with van der Waals surface area (Å²) >= 11 is 0. The van der Waals surface area contributed by atoms with Gasteiger partial charge in [-0.2, -0.15) is 13.1 Å². The van der Waals surface area contributed by atoms with Crippen molar-refractivity contribution in [3.8, 4) is 0 Å². The standard InChI is InChI=1S/C22H37N3O4S/c1-3-4-5-6-7-8-10-19-11-13-20(14-12-19)23-30(28,29)24-22(17-21(26)27)15-9-16-25(2)18-22/h11-14,23-24H,3-10,15-18H2,1-2H3,(H,26,27). The number of nitrogens with zero attached hydrogens (tertiary/aromatic N) is 1. The van der Waals surface area contributed by atoms with Crippen LogP contribution >= 0.6 is 0 Å². The van der Waals surface area contributed by atoms with Crippen LogP contribution < -0.4 is 9.44 Å². The monoisotopic (exact) mass is 439 g/mol. The van der Waals surface area contributed by atoms with Crippen molar-refractivity contribution < 1.29 is 18.3 Å². The first kappa shape index (κ1) is 24.6. The summed E-state index contributed by atoms with van der Waals surface area (Å²) < 4.78 is 30.6. The fourth-order valence-electron chi connectivity index (χ4n) is 4.23. The maximum Gasteiger partial charge on any atom is 0.305 e. The lowest BCUT2D eigenvalue weighted by Crippen LogP contribution is -2.59. The van der Waals surface area contributed by atoms with E-state index in [2.05, 4.69) is 16.4 Å². The Labute approximate surface area is 181 Å². The van der Waals surface area contributed by atoms with Gasteiger partial charge in [-0.3, -0.25) is 9.52 Å². The minimum atomic E-state index is -3.89. The molecule has 8 heteroatoms. The number of anilines is 1. The molecule has 1 aliphatic heterocycles. The average Bonchev–Trinajstić information content (AvgIpc) is 2.64. The van der Waals surface area contributed by atoms with Crippen LogP contribution in [0.2, 0.25) is 0 Å². The highest BCUT2D eigenvalue weighted by atomic mass is 32.2. The zero-order chi connectivity index (χ0) is 22.0. The quantitative estimate of drug-likeness (QED) is 0.406. The molecule has 1 heterocycles. The van der Waals surface area contributed by atoms with Crippen LogP contribution in [-0.2, 0) is 21.4 Å². The third kappa shape index (κ3) is 8.62. The topological polar surface area (TPSA) is 98.7 Å². The molecule has 3 N–H and O–H groups in total. The zero-order valence-electron chi connectivity index (χ0n) is 18.3. The van der Waals surface area contributed by atoms with Gasteiger partial charge in [-0.1, -0.05) is 51.2 Å². The summed E-state index contributed by atoms with van der Waals surface area (Å²) in [5.41, 5.74) is 0.670. The van der Waals surface area contributed by atoms with E-state index in [1.54, 1.807) is 12.1 Å². The van der Waals surface area contributed by atoms with Crippen molar-refractivity contribution in [1.29, 1.82) is 0 Å². The Balaban J connectivity index is 1.91. The lowest BCUT2D eigenvalue weighted by Gasteiger charge is -2.40. The molecule has 0 saturated carbocycles. The number of carboxylic acids is 1. The number of likely N-dealkylation sites (N-methyl/N-ethyl adjacent to an activating group) is 1. The third-order valence-electron chi connectivity index (χ3n) is 5.63. The first-order valence-corrected chi connectivity index (χ1v) is 12.5. The summed E-state index contributed by atoms with van der Waals surface area (Å²) in [5.74, 6) is -1.01. The molecular weight excluding hydrogens is 402 g/mol. The van der Waals surface area contributed by atoms with E-state index in [4.69, 9.17) is 0 Å². The van der Waals surface area contributed by atoms with E-state index in [1.165, 1.54) is 37.7 Å². The molecule has 1 saturated heterocycles. The van der Waals surface area contributed by atoms with Crippen molar-refractivity contribution in [2.75, 3.05) is 24.9 Å². The molecule has 7 nitrogen and oxygen atoms in total. The molecule has 0 aromatic heterocycles. The highest BCUT2D eigenvalue weighted by molar-refractivity contribution is 7.90. The molecule has 1 aromatic carbocycles. The number of carbonyl (C=O) groups is 1. The third-order valence-corrected chi connectivity index (χ3v) is 6.84. The molecule has 1 aromatic rings. The summed E-state index contributed by atoms with van der Waals surface area (Å²) in [7, 11) is -2.02. The SMILES string of the molecule is CCCCCCCCc1ccc(NS(=O)(=O)NC2(CC(=O)O)CCCN(C)C2)cc1. The smallest absolute Gasteiger partial charge is 0.305 e. The van der Waals surface area contributed by atoms with Crippen LogP contribution in [0.3, 0.4) is 0 Å². The van der Waals surface area contributed by atoms with Gasteiger partial charge >= 0.3 is 5.97 Å². The van der Waals surface area contributed by atoms with Crippen molar-refractivity contribution in [3.05, 3.63) is 29.8 Å². The number of rotatable bonds is 13. The van der Waals surface area contributed by atoms with Crippen LogP contribution in [0, 0.1) is 0 Å². The lowest BCUT2D eigenvalue weighted by atomic mass is 9.87. The molecule has 1 fully saturated rings. The Morgan fingerprint density at radius 3 is 2.43 bits per heavy atom. The van der Waals surface area contributed by atoms with Crippen LogP contribution in [0.4, 0.5) is 5.69 Å². The molecular formula is C22H37N3O4S. The lowest BCUT2D eigenvalue weighted by molar-refractivity contribution is -0.139. The minimum Gasteiger partial charge on any atom is -0.481 e. The Kier molecular flexibility index (Phi) is 9.58. The molecule has 1 atom stereocenters. The van der Waals surface area contributed by atoms with Crippen LogP contribution in [-0.4, -0.2) is 50.1 Å². The Morgan fingerprint density at radius 2 is 1.80 bits per heavy atom. The number of hydrogen-bond donors (Lipinski definition) is 3. The average molecular weight is 440 g/mol. The molecule has 1 aliphatic rings. The number of unbranched alkanes of at least 4 members (excludes halogenated alkanes) is 5. The van der Waals surface area contributed by atoms with Crippen molar-refractivity contribution in [1.82, 2.24) is 9.62 Å². The highest BCUT2D eigenvalue weighted by Gasteiger charge is 2.40. The number of carboxylic acid groups (broad SMARTS) is 1. The molecule has 0 spiro atoms. The molecule has 30 heavy (non-hydrogen) atoms. The molecule has 0 radical (unpaired) electrons. The zero-order valence-corrected chi connectivity index (χ0v) is 19.1. The second kappa shape index (κ2) is 11.7. The largest absolute Gasteiger partial charge is 0.481 e. The summed E-state index contributed by atoms with van der Waals surface area (Å²) in [6, 6.07) is 7.43. The van der Waals surface area contributed by atoms with Gasteiger partial charge < -0.3 is 10.0 Å². The maximum absolute atomic E-state index is 12.7. The first-order chi connectivity index (χ1) is 14.2. The number of likely N-dealkylation sites (tertiary alicyclic amines) is 1. The number of aliphatic carboxylic acids is 1. The van der Waals surface area contributed by atoms with Crippen molar-refractivity contribution >= 4 is 21.9 Å². The predicted molar refractivity (Wildman–Crippen MR) is 121 cm³/mol. The second-order valence-corrected chi connectivity index (χ2v) is 10.0. The number of nitrogens with one attached hydrogen (secondary N) is 2. The van der Waals surface area contributed by atoms with Crippen molar-refractivity contribution in [2.45, 2.75) is 76.7 Å². The second-order valence-electron chi connectivity index (χ2n) is 8.61. The van der Waals surface area contributed by atoms with Gasteiger partial charge in [-0.25, -0.2) is 0 Å². The van der Waals surface area contributed by atoms with Gasteiger partial charge in [0.1, 0.15) is 0 Å². The molecule has 170 valence electrons. The van der Waals surface area contributed by atoms with Gasteiger partial charge in [0.15, 0.2) is 0 Å². The van der Waals surface area contributed by atoms with Crippen LogP contribution in [0.25, 0.3) is 0 Å². The summed E-state index contributed by atoms with van der Waals surface area (Å²) in [5, 5.41) is 9.29. The highest BCUT2D eigenvalue weighted by Crippen LogP contribution is 2.25. The van der Waals surface area contributed by atoms with E-state index in [9.17, 15) is 18.3 Å². The molecule has 2 rings (SSSR count). The van der Waals surface area contributed by atoms with Gasteiger partial charge in [0.25, 0.3) is 10.2 Å². The molecule has 1 unspecified atom stereocenters. The number of hydrogen-bond acceptors (Lipinski definition) is 4. The van der Waals surface area contributed by atoms with Gasteiger partial charge in [0.05, 0.1) is 12.0 Å². The van der Waals surface area contributed by atoms with Gasteiger partial charge in [-0.15, -0.1) is 0 Å².